The van der Waals surface area contributed by atoms with Gasteiger partial charge in [0.05, 0.1) is 6.61 Å². The van der Waals surface area contributed by atoms with Crippen LogP contribution in [0.2, 0.25) is 0 Å². The van der Waals surface area contributed by atoms with Crippen molar-refractivity contribution < 1.29 is 4.74 Å². The zero-order valence-electron chi connectivity index (χ0n) is 8.75. The molecule has 2 N–H and O–H groups in total. The summed E-state index contributed by atoms with van der Waals surface area (Å²) in [6, 6.07) is 0. The standard InChI is InChI=1S/C10H20BNO/c1-4-7-13-10(11,6-3)9(5-2)8-12/h4,9H,1,5-8,12H2,2-3H3/t9?,10-/m1/s1. The average Bonchev–Trinajstić information content (AvgIpc) is 2.16. The predicted molar refractivity (Wildman–Crippen MR) is 57.8 cm³/mol. The first-order chi connectivity index (χ1) is 6.14. The molecule has 0 saturated heterocycles. The Bertz CT molecular complexity index is 148. The normalized spacial score (nSPS) is 17.8. The molecular weight excluding hydrogens is 161 g/mol. The van der Waals surface area contributed by atoms with Crippen molar-refractivity contribution >= 4 is 7.85 Å². The van der Waals surface area contributed by atoms with E-state index in [1.54, 1.807) is 6.08 Å². The van der Waals surface area contributed by atoms with Crippen molar-refractivity contribution in [1.29, 1.82) is 0 Å². The van der Waals surface area contributed by atoms with E-state index < -0.39 is 5.50 Å². The molecule has 0 aliphatic rings. The molecule has 2 nitrogen and oxygen atoms in total. The average molecular weight is 181 g/mol. The fraction of sp³-hybridized carbons (Fsp3) is 0.800. The molecule has 0 bridgehead atoms. The third kappa shape index (κ3) is 3.53. The predicted octanol–water partition coefficient (Wildman–Crippen LogP) is 1.45. The lowest BCUT2D eigenvalue weighted by Crippen LogP contribution is -2.44. The molecule has 0 spiro atoms. The third-order valence-electron chi connectivity index (χ3n) is 2.49. The molecule has 1 unspecified atom stereocenters. The first-order valence-electron chi connectivity index (χ1n) is 4.88. The fourth-order valence-corrected chi connectivity index (χ4v) is 1.43. The van der Waals surface area contributed by atoms with Gasteiger partial charge < -0.3 is 10.5 Å². The molecular formula is C10H20BNO. The molecule has 0 aromatic rings. The summed E-state index contributed by atoms with van der Waals surface area (Å²) in [6.45, 7) is 8.74. The lowest BCUT2D eigenvalue weighted by molar-refractivity contribution is -0.0100. The Morgan fingerprint density at radius 2 is 2.23 bits per heavy atom. The summed E-state index contributed by atoms with van der Waals surface area (Å²) < 4.78 is 5.55. The quantitative estimate of drug-likeness (QED) is 0.476. The highest BCUT2D eigenvalue weighted by Crippen LogP contribution is 2.24. The first-order valence-corrected chi connectivity index (χ1v) is 4.88. The monoisotopic (exact) mass is 181 g/mol. The van der Waals surface area contributed by atoms with Crippen LogP contribution in [0.25, 0.3) is 0 Å². The second-order valence-corrected chi connectivity index (χ2v) is 3.25. The van der Waals surface area contributed by atoms with Crippen LogP contribution in [0.4, 0.5) is 0 Å². The summed E-state index contributed by atoms with van der Waals surface area (Å²) in [6.07, 6.45) is 3.43. The molecule has 0 fully saturated rings. The highest BCUT2D eigenvalue weighted by molar-refractivity contribution is 6.14. The van der Waals surface area contributed by atoms with Gasteiger partial charge in [-0.2, -0.15) is 0 Å². The number of rotatable bonds is 7. The van der Waals surface area contributed by atoms with Gasteiger partial charge in [0, 0.05) is 5.50 Å². The van der Waals surface area contributed by atoms with Crippen LogP contribution >= 0.6 is 0 Å². The van der Waals surface area contributed by atoms with Crippen LogP contribution in [0.15, 0.2) is 12.7 Å². The summed E-state index contributed by atoms with van der Waals surface area (Å²) >= 11 is 0. The number of hydrogen-bond acceptors (Lipinski definition) is 2. The van der Waals surface area contributed by atoms with Gasteiger partial charge in [-0.15, -0.1) is 6.58 Å². The van der Waals surface area contributed by atoms with Gasteiger partial charge in [0.25, 0.3) is 0 Å². The van der Waals surface area contributed by atoms with Gasteiger partial charge in [0.15, 0.2) is 0 Å². The van der Waals surface area contributed by atoms with E-state index in [9.17, 15) is 0 Å². The molecule has 13 heavy (non-hydrogen) atoms. The minimum Gasteiger partial charge on any atom is -0.381 e. The molecule has 0 amide bonds. The molecule has 0 aliphatic heterocycles. The molecule has 0 aliphatic carbocycles. The summed E-state index contributed by atoms with van der Waals surface area (Å²) in [5, 5.41) is 0. The van der Waals surface area contributed by atoms with E-state index in [0.29, 0.717) is 13.2 Å². The van der Waals surface area contributed by atoms with Gasteiger partial charge in [-0.3, -0.25) is 0 Å². The lowest BCUT2D eigenvalue weighted by Gasteiger charge is -2.36. The molecule has 0 aromatic carbocycles. The highest BCUT2D eigenvalue weighted by Gasteiger charge is 2.30. The van der Waals surface area contributed by atoms with Crippen LogP contribution in [0, 0.1) is 5.92 Å². The van der Waals surface area contributed by atoms with Crippen LogP contribution < -0.4 is 5.73 Å². The first kappa shape index (κ1) is 12.7. The maximum Gasteiger partial charge on any atom is 0.114 e. The van der Waals surface area contributed by atoms with E-state index in [2.05, 4.69) is 13.5 Å². The molecule has 0 heterocycles. The fourth-order valence-electron chi connectivity index (χ4n) is 1.43. The van der Waals surface area contributed by atoms with Crippen LogP contribution in [0.1, 0.15) is 26.7 Å². The lowest BCUT2D eigenvalue weighted by atomic mass is 9.68. The van der Waals surface area contributed by atoms with Crippen LogP contribution in [-0.4, -0.2) is 26.5 Å². The van der Waals surface area contributed by atoms with Gasteiger partial charge in [0.1, 0.15) is 7.85 Å². The van der Waals surface area contributed by atoms with E-state index in [1.807, 2.05) is 6.92 Å². The van der Waals surface area contributed by atoms with Crippen molar-refractivity contribution in [3.05, 3.63) is 12.7 Å². The Balaban J connectivity index is 4.29. The zero-order valence-corrected chi connectivity index (χ0v) is 8.75. The SMILES string of the molecule is [B][C@](CC)(OCC=C)C(CC)CN. The van der Waals surface area contributed by atoms with Crippen LogP contribution in [0.3, 0.4) is 0 Å². The summed E-state index contributed by atoms with van der Waals surface area (Å²) in [4.78, 5) is 0. The van der Waals surface area contributed by atoms with Gasteiger partial charge in [-0.25, -0.2) is 0 Å². The summed E-state index contributed by atoms with van der Waals surface area (Å²) in [7, 11) is 6.10. The second kappa shape index (κ2) is 6.22. The minimum absolute atomic E-state index is 0.220. The van der Waals surface area contributed by atoms with Crippen LogP contribution in [0.5, 0.6) is 0 Å². The summed E-state index contributed by atoms with van der Waals surface area (Å²) in [5.74, 6) is 0.220. The Hall–Kier alpha value is -0.275. The smallest absolute Gasteiger partial charge is 0.114 e. The van der Waals surface area contributed by atoms with E-state index in [1.165, 1.54) is 0 Å². The molecule has 0 aromatic heterocycles. The zero-order chi connectivity index (χ0) is 10.3. The summed E-state index contributed by atoms with van der Waals surface area (Å²) in [5.41, 5.74) is 5.05. The van der Waals surface area contributed by atoms with Crippen LogP contribution in [-0.2, 0) is 4.74 Å². The Labute approximate surface area is 82.9 Å². The Kier molecular flexibility index (Phi) is 6.09. The molecule has 0 saturated carbocycles. The van der Waals surface area contributed by atoms with Crippen molar-refractivity contribution in [3.8, 4) is 0 Å². The van der Waals surface area contributed by atoms with Gasteiger partial charge in [0.2, 0.25) is 0 Å². The highest BCUT2D eigenvalue weighted by atomic mass is 16.5. The van der Waals surface area contributed by atoms with Gasteiger partial charge in [-0.05, 0) is 18.9 Å². The van der Waals surface area contributed by atoms with Crippen molar-refractivity contribution in [1.82, 2.24) is 0 Å². The Morgan fingerprint density at radius 3 is 2.54 bits per heavy atom. The maximum atomic E-state index is 6.10. The maximum absolute atomic E-state index is 6.10. The topological polar surface area (TPSA) is 35.2 Å². The number of nitrogens with two attached hydrogens (primary N) is 1. The minimum atomic E-state index is -0.586. The largest absolute Gasteiger partial charge is 0.381 e. The van der Waals surface area contributed by atoms with Gasteiger partial charge in [-0.1, -0.05) is 26.3 Å². The van der Waals surface area contributed by atoms with Crippen molar-refractivity contribution in [2.75, 3.05) is 13.2 Å². The number of ether oxygens (including phenoxy) is 1. The van der Waals surface area contributed by atoms with E-state index in [-0.39, 0.29) is 5.92 Å². The molecule has 3 heteroatoms. The number of hydrogen-bond donors (Lipinski definition) is 1. The Morgan fingerprint density at radius 1 is 1.62 bits per heavy atom. The van der Waals surface area contributed by atoms with E-state index in [0.717, 1.165) is 12.8 Å². The molecule has 2 atom stereocenters. The third-order valence-corrected chi connectivity index (χ3v) is 2.49. The van der Waals surface area contributed by atoms with Crippen molar-refractivity contribution in [2.45, 2.75) is 32.2 Å². The van der Waals surface area contributed by atoms with Crippen molar-refractivity contribution in [2.24, 2.45) is 11.7 Å². The van der Waals surface area contributed by atoms with Crippen molar-refractivity contribution in [3.63, 3.8) is 0 Å². The van der Waals surface area contributed by atoms with Gasteiger partial charge >= 0.3 is 0 Å². The van der Waals surface area contributed by atoms with E-state index >= 15 is 0 Å². The van der Waals surface area contributed by atoms with E-state index in [4.69, 9.17) is 18.3 Å². The molecule has 2 radical (unpaired) electrons. The molecule has 74 valence electrons. The second-order valence-electron chi connectivity index (χ2n) is 3.25. The molecule has 0 rings (SSSR count).